The van der Waals surface area contributed by atoms with Gasteiger partial charge in [0.05, 0.1) is 5.52 Å². The van der Waals surface area contributed by atoms with Crippen molar-refractivity contribution in [1.29, 1.82) is 0 Å². The third-order valence-electron chi connectivity index (χ3n) is 1.65. The monoisotopic (exact) mass is 164 g/mol. The van der Waals surface area contributed by atoms with Crippen LogP contribution in [0.3, 0.4) is 0 Å². The Labute approximate surface area is 74.1 Å². The van der Waals surface area contributed by atoms with Crippen LogP contribution in [0.15, 0.2) is 24.3 Å². The molecule has 0 amide bonds. The molecule has 2 heteroatoms. The van der Waals surface area contributed by atoms with Crippen LogP contribution in [0.25, 0.3) is 10.9 Å². The molecule has 0 aliphatic carbocycles. The number of hydrogen-bond donors (Lipinski definition) is 1. The number of aromatic amines is 1. The second kappa shape index (κ2) is 3.90. The lowest BCUT2D eigenvalue weighted by Gasteiger charge is -1.84. The van der Waals surface area contributed by atoms with Gasteiger partial charge in [0.1, 0.15) is 0 Å². The molecule has 0 saturated heterocycles. The Balaban J connectivity index is 0.000000451. The smallest absolute Gasteiger partial charge is 0.0923 e. The number of H-pyrrole nitrogens is 1. The van der Waals surface area contributed by atoms with Crippen molar-refractivity contribution in [3.8, 4) is 0 Å². The minimum absolute atomic E-state index is 0. The number of rotatable bonds is 0. The van der Waals surface area contributed by atoms with Crippen LogP contribution in [0.1, 0.15) is 21.0 Å². The van der Waals surface area contributed by atoms with Gasteiger partial charge in [-0.05, 0) is 13.0 Å². The maximum atomic E-state index is 4.09. The number of aryl methyl sites for hydroxylation is 1. The number of nitrogens with one attached hydrogen (secondary N) is 1. The molecule has 2 nitrogen and oxygen atoms in total. The standard InChI is InChI=1S/C8H8N2.C2H6.H2/c1-6-7-4-2-3-5-8(7)10-9-6;1-2;/h2-5H,1H3,(H,9,10);1-2H3;1H. The highest BCUT2D eigenvalue weighted by atomic mass is 15.1. The third kappa shape index (κ3) is 1.47. The van der Waals surface area contributed by atoms with Gasteiger partial charge in [-0.1, -0.05) is 32.0 Å². The summed E-state index contributed by atoms with van der Waals surface area (Å²) in [4.78, 5) is 0. The van der Waals surface area contributed by atoms with Gasteiger partial charge >= 0.3 is 0 Å². The van der Waals surface area contributed by atoms with Gasteiger partial charge in [-0.2, -0.15) is 5.10 Å². The molecule has 1 aromatic carbocycles. The van der Waals surface area contributed by atoms with E-state index in [1.807, 2.05) is 39.0 Å². The molecule has 66 valence electrons. The van der Waals surface area contributed by atoms with E-state index in [1.54, 1.807) is 0 Å². The van der Waals surface area contributed by atoms with Crippen LogP contribution in [0, 0.1) is 6.92 Å². The summed E-state index contributed by atoms with van der Waals surface area (Å²) in [7, 11) is 0. The number of fused-ring (bicyclic) bond motifs is 1. The van der Waals surface area contributed by atoms with E-state index in [1.165, 1.54) is 5.39 Å². The van der Waals surface area contributed by atoms with Crippen molar-refractivity contribution in [3.05, 3.63) is 30.0 Å². The first-order valence-electron chi connectivity index (χ1n) is 4.27. The summed E-state index contributed by atoms with van der Waals surface area (Å²) in [5, 5.41) is 8.23. The summed E-state index contributed by atoms with van der Waals surface area (Å²) >= 11 is 0. The van der Waals surface area contributed by atoms with Crippen LogP contribution >= 0.6 is 0 Å². The molecule has 0 aliphatic rings. The first-order valence-corrected chi connectivity index (χ1v) is 4.27. The molecule has 2 aromatic rings. The topological polar surface area (TPSA) is 28.7 Å². The minimum Gasteiger partial charge on any atom is -0.282 e. The lowest BCUT2D eigenvalue weighted by molar-refractivity contribution is 1.07. The van der Waals surface area contributed by atoms with E-state index >= 15 is 0 Å². The fourth-order valence-electron chi connectivity index (χ4n) is 1.09. The fourth-order valence-corrected chi connectivity index (χ4v) is 1.09. The molecule has 1 aromatic heterocycles. The largest absolute Gasteiger partial charge is 0.282 e. The van der Waals surface area contributed by atoms with Crippen molar-refractivity contribution >= 4 is 10.9 Å². The number of aromatic nitrogens is 2. The molecule has 1 heterocycles. The second-order valence-electron chi connectivity index (χ2n) is 2.37. The minimum atomic E-state index is 0. The van der Waals surface area contributed by atoms with Gasteiger partial charge in [0.25, 0.3) is 0 Å². The predicted molar refractivity (Wildman–Crippen MR) is 54.3 cm³/mol. The lowest BCUT2D eigenvalue weighted by atomic mass is 10.2. The molecule has 0 spiro atoms. The summed E-state index contributed by atoms with van der Waals surface area (Å²) in [6.07, 6.45) is 0. The van der Waals surface area contributed by atoms with E-state index in [0.29, 0.717) is 0 Å². The highest BCUT2D eigenvalue weighted by Gasteiger charge is 1.96. The van der Waals surface area contributed by atoms with Crippen LogP contribution in [0.4, 0.5) is 0 Å². The molecule has 2 rings (SSSR count). The van der Waals surface area contributed by atoms with E-state index in [4.69, 9.17) is 0 Å². The Morgan fingerprint density at radius 2 is 1.92 bits per heavy atom. The van der Waals surface area contributed by atoms with E-state index in [2.05, 4.69) is 16.3 Å². The number of para-hydroxylation sites is 1. The molecule has 12 heavy (non-hydrogen) atoms. The van der Waals surface area contributed by atoms with Gasteiger partial charge in [0.15, 0.2) is 0 Å². The summed E-state index contributed by atoms with van der Waals surface area (Å²) in [6, 6.07) is 8.07. The molecule has 0 saturated carbocycles. The zero-order valence-electron chi connectivity index (χ0n) is 7.76. The molecular formula is C10H16N2. The van der Waals surface area contributed by atoms with Gasteiger partial charge in [0, 0.05) is 12.5 Å². The quantitative estimate of drug-likeness (QED) is 0.636. The summed E-state index contributed by atoms with van der Waals surface area (Å²) in [5.41, 5.74) is 2.18. The van der Waals surface area contributed by atoms with Crippen LogP contribution in [-0.4, -0.2) is 10.2 Å². The highest BCUT2D eigenvalue weighted by molar-refractivity contribution is 5.80. The molecule has 0 bridgehead atoms. The highest BCUT2D eigenvalue weighted by Crippen LogP contribution is 2.12. The summed E-state index contributed by atoms with van der Waals surface area (Å²) in [5.74, 6) is 0. The maximum Gasteiger partial charge on any atom is 0.0923 e. The zero-order chi connectivity index (χ0) is 8.97. The SMILES string of the molecule is CC.Cc1[nH]nc2ccccc12.[HH]. The van der Waals surface area contributed by atoms with Crippen molar-refractivity contribution in [2.24, 2.45) is 0 Å². The van der Waals surface area contributed by atoms with Crippen LogP contribution in [-0.2, 0) is 0 Å². The molecule has 1 N–H and O–H groups in total. The van der Waals surface area contributed by atoms with Gasteiger partial charge in [-0.25, -0.2) is 0 Å². The Morgan fingerprint density at radius 1 is 1.25 bits per heavy atom. The van der Waals surface area contributed by atoms with E-state index in [-0.39, 0.29) is 1.43 Å². The van der Waals surface area contributed by atoms with Crippen molar-refractivity contribution in [2.45, 2.75) is 20.8 Å². The first kappa shape index (κ1) is 8.78. The first-order chi connectivity index (χ1) is 5.88. The van der Waals surface area contributed by atoms with Gasteiger partial charge < -0.3 is 0 Å². The average molecular weight is 164 g/mol. The second-order valence-corrected chi connectivity index (χ2v) is 2.37. The molecule has 0 unspecified atom stereocenters. The fraction of sp³-hybridized carbons (Fsp3) is 0.300. The molecule has 0 fully saturated rings. The average Bonchev–Trinajstić information content (AvgIpc) is 2.53. The van der Waals surface area contributed by atoms with Crippen molar-refractivity contribution in [1.82, 2.24) is 10.2 Å². The molecule has 0 aliphatic heterocycles. The molecule has 0 atom stereocenters. The molecular weight excluding hydrogens is 148 g/mol. The number of benzene rings is 1. The van der Waals surface area contributed by atoms with E-state index < -0.39 is 0 Å². The van der Waals surface area contributed by atoms with E-state index in [9.17, 15) is 0 Å². The Bertz CT molecular complexity index is 354. The summed E-state index contributed by atoms with van der Waals surface area (Å²) in [6.45, 7) is 6.02. The van der Waals surface area contributed by atoms with Crippen LogP contribution in [0.5, 0.6) is 0 Å². The van der Waals surface area contributed by atoms with Crippen molar-refractivity contribution in [3.63, 3.8) is 0 Å². The van der Waals surface area contributed by atoms with Crippen molar-refractivity contribution < 1.29 is 1.43 Å². The van der Waals surface area contributed by atoms with Crippen LogP contribution in [0.2, 0.25) is 0 Å². The van der Waals surface area contributed by atoms with Crippen molar-refractivity contribution in [2.75, 3.05) is 0 Å². The van der Waals surface area contributed by atoms with Gasteiger partial charge in [-0.15, -0.1) is 0 Å². The maximum absolute atomic E-state index is 4.09. The summed E-state index contributed by atoms with van der Waals surface area (Å²) < 4.78 is 0. The van der Waals surface area contributed by atoms with Crippen LogP contribution < -0.4 is 0 Å². The Hall–Kier alpha value is -1.31. The predicted octanol–water partition coefficient (Wildman–Crippen LogP) is 3.14. The zero-order valence-corrected chi connectivity index (χ0v) is 7.76. The van der Waals surface area contributed by atoms with Gasteiger partial charge in [-0.3, -0.25) is 5.10 Å². The van der Waals surface area contributed by atoms with Gasteiger partial charge in [0.2, 0.25) is 0 Å². The normalized spacial score (nSPS) is 9.25. The van der Waals surface area contributed by atoms with E-state index in [0.717, 1.165) is 11.2 Å². The lowest BCUT2D eigenvalue weighted by Crippen LogP contribution is -1.67. The third-order valence-corrected chi connectivity index (χ3v) is 1.65. The Morgan fingerprint density at radius 3 is 2.58 bits per heavy atom. The number of nitrogens with zero attached hydrogens (tertiary/aromatic N) is 1. The number of hydrogen-bond acceptors (Lipinski definition) is 1. The Kier molecular flexibility index (Phi) is 2.86. The molecule has 0 radical (unpaired) electrons.